The average molecular weight is 371 g/mol. The molecule has 2 aromatic heterocycles. The van der Waals surface area contributed by atoms with Crippen molar-refractivity contribution in [2.75, 3.05) is 19.3 Å². The van der Waals surface area contributed by atoms with E-state index >= 15 is 0 Å². The molecule has 3 heterocycles. The summed E-state index contributed by atoms with van der Waals surface area (Å²) in [6.07, 6.45) is 0.306. The molecule has 1 amide bonds. The number of anilines is 1. The Morgan fingerprint density at radius 2 is 2.07 bits per heavy atom. The maximum Gasteiger partial charge on any atom is 0.267 e. The van der Waals surface area contributed by atoms with E-state index in [1.54, 1.807) is 14.9 Å². The van der Waals surface area contributed by atoms with Crippen LogP contribution in [0.2, 0.25) is 0 Å². The fraction of sp³-hybridized carbons (Fsp3) is 0.200. The fourth-order valence-electron chi connectivity index (χ4n) is 3.22. The Morgan fingerprint density at radius 3 is 2.82 bits per heavy atom. The number of nitrogen functional groups attached to an aromatic ring is 1. The summed E-state index contributed by atoms with van der Waals surface area (Å²) in [4.78, 5) is 26.6. The van der Waals surface area contributed by atoms with E-state index in [0.29, 0.717) is 46.8 Å². The second-order valence-corrected chi connectivity index (χ2v) is 6.89. The molecule has 1 unspecified atom stereocenters. The maximum atomic E-state index is 12.1. The van der Waals surface area contributed by atoms with Gasteiger partial charge in [0.2, 0.25) is 5.60 Å². The van der Waals surface area contributed by atoms with Crippen LogP contribution in [0.4, 0.5) is 5.82 Å². The molecule has 1 aromatic carbocycles. The number of benzene rings is 1. The van der Waals surface area contributed by atoms with Gasteiger partial charge in [-0.2, -0.15) is 0 Å². The molecule has 1 saturated heterocycles. The number of aromatic nitrogens is 3. The van der Waals surface area contributed by atoms with Gasteiger partial charge in [-0.25, -0.2) is 15.0 Å². The van der Waals surface area contributed by atoms with Crippen LogP contribution < -0.4 is 11.5 Å². The molecule has 0 saturated carbocycles. The summed E-state index contributed by atoms with van der Waals surface area (Å²) in [7, 11) is 3.44. The van der Waals surface area contributed by atoms with Crippen LogP contribution >= 0.6 is 0 Å². The molecule has 3 N–H and O–H groups in total. The molecule has 1 fully saturated rings. The molecule has 1 atom stereocenters. The molecule has 1 aliphatic rings. The minimum Gasteiger partial charge on any atom is -0.382 e. The zero-order chi connectivity index (χ0) is 19.9. The average Bonchev–Trinajstić information content (AvgIpc) is 2.94. The summed E-state index contributed by atoms with van der Waals surface area (Å²) in [5.41, 5.74) is 8.45. The van der Waals surface area contributed by atoms with E-state index in [1.807, 2.05) is 36.4 Å². The van der Waals surface area contributed by atoms with Crippen LogP contribution in [-0.4, -0.2) is 57.9 Å². The first-order valence-electron chi connectivity index (χ1n) is 8.88. The highest BCUT2D eigenvalue weighted by Crippen LogP contribution is 2.23. The van der Waals surface area contributed by atoms with E-state index in [0.717, 1.165) is 5.56 Å². The van der Waals surface area contributed by atoms with Crippen molar-refractivity contribution in [1.82, 2.24) is 19.9 Å². The number of amides is 1. The molecule has 8 heteroatoms. The van der Waals surface area contributed by atoms with Crippen molar-refractivity contribution >= 4 is 36.3 Å². The number of nitrogens with two attached hydrogens (primary N) is 1. The number of pyridine rings is 1. The van der Waals surface area contributed by atoms with E-state index in [2.05, 4.69) is 26.8 Å². The van der Waals surface area contributed by atoms with Gasteiger partial charge in [-0.3, -0.25) is 4.79 Å². The Hall–Kier alpha value is -3.44. The minimum absolute atomic E-state index is 0.306. The van der Waals surface area contributed by atoms with E-state index < -0.39 is 5.60 Å². The van der Waals surface area contributed by atoms with Crippen molar-refractivity contribution in [3.63, 3.8) is 0 Å². The summed E-state index contributed by atoms with van der Waals surface area (Å²) in [5, 5.41) is 10.4. The van der Waals surface area contributed by atoms with Crippen LogP contribution in [0.5, 0.6) is 0 Å². The summed E-state index contributed by atoms with van der Waals surface area (Å²) >= 11 is 0. The molecular formula is C20H18BN5O2. The number of rotatable bonds is 1. The Morgan fingerprint density at radius 1 is 1.25 bits per heavy atom. The summed E-state index contributed by atoms with van der Waals surface area (Å²) < 4.78 is 0. The van der Waals surface area contributed by atoms with E-state index in [-0.39, 0.29) is 5.91 Å². The Labute approximate surface area is 163 Å². The van der Waals surface area contributed by atoms with Gasteiger partial charge < -0.3 is 15.7 Å². The van der Waals surface area contributed by atoms with Gasteiger partial charge >= 0.3 is 0 Å². The number of fused-ring (bicyclic) bond motifs is 1. The zero-order valence-electron chi connectivity index (χ0n) is 15.6. The predicted molar refractivity (Wildman–Crippen MR) is 109 cm³/mol. The maximum absolute atomic E-state index is 12.1. The van der Waals surface area contributed by atoms with E-state index in [1.165, 1.54) is 4.90 Å². The number of aliphatic hydroxyl groups is 1. The summed E-state index contributed by atoms with van der Waals surface area (Å²) in [6.45, 7) is 0.494. The normalized spacial score (nSPS) is 18.9. The first kappa shape index (κ1) is 18.0. The van der Waals surface area contributed by atoms with Gasteiger partial charge in [-0.15, -0.1) is 0 Å². The smallest absolute Gasteiger partial charge is 0.267 e. The van der Waals surface area contributed by atoms with Crippen molar-refractivity contribution in [2.24, 2.45) is 0 Å². The minimum atomic E-state index is -1.62. The molecule has 1 aliphatic heterocycles. The highest BCUT2D eigenvalue weighted by atomic mass is 16.3. The number of carbonyl (C=O) groups is 1. The van der Waals surface area contributed by atoms with Gasteiger partial charge in [0.1, 0.15) is 5.52 Å². The van der Waals surface area contributed by atoms with E-state index in [9.17, 15) is 9.90 Å². The third-order valence-electron chi connectivity index (χ3n) is 4.76. The highest BCUT2D eigenvalue weighted by molar-refractivity contribution is 6.29. The quantitative estimate of drug-likeness (QED) is 0.441. The number of carbonyl (C=O) groups excluding carboxylic acids is 1. The van der Waals surface area contributed by atoms with Crippen molar-refractivity contribution in [3.8, 4) is 23.1 Å². The number of hydrogen-bond acceptors (Lipinski definition) is 6. The van der Waals surface area contributed by atoms with Crippen LogP contribution in [0.25, 0.3) is 22.3 Å². The van der Waals surface area contributed by atoms with Gasteiger partial charge in [-0.1, -0.05) is 24.0 Å². The number of likely N-dealkylation sites (tertiary alicyclic amines) is 1. The standard InChI is InChI=1S/C20H18BN5O2/c1-26-10-9-20(28,18(26)27)8-7-12-3-2-4-13(11-12)14-5-6-15-16(23-14)17(22)25-19(21)24-15/h2-6,11,28H,9-10,21H2,1H3,(H2,22,24,25). The SMILES string of the molecule is Bc1nc(N)c2nc(-c3cccc(C#CC4(O)CCN(C)C4=O)c3)ccc2n1. The van der Waals surface area contributed by atoms with Gasteiger partial charge in [0, 0.05) is 31.1 Å². The van der Waals surface area contributed by atoms with Crippen molar-refractivity contribution in [1.29, 1.82) is 0 Å². The third kappa shape index (κ3) is 3.17. The van der Waals surface area contributed by atoms with Crippen molar-refractivity contribution in [3.05, 3.63) is 42.0 Å². The summed E-state index contributed by atoms with van der Waals surface area (Å²) in [6, 6.07) is 11.2. The molecule has 3 aromatic rings. The van der Waals surface area contributed by atoms with Crippen LogP contribution in [0.15, 0.2) is 36.4 Å². The van der Waals surface area contributed by atoms with Gasteiger partial charge in [0.05, 0.1) is 16.9 Å². The van der Waals surface area contributed by atoms with Gasteiger partial charge in [0.25, 0.3) is 5.91 Å². The number of nitrogens with zero attached hydrogens (tertiary/aromatic N) is 4. The monoisotopic (exact) mass is 371 g/mol. The Balaban J connectivity index is 1.70. The molecule has 0 aliphatic carbocycles. The van der Waals surface area contributed by atoms with Crippen LogP contribution in [0, 0.1) is 11.8 Å². The van der Waals surface area contributed by atoms with Crippen molar-refractivity contribution < 1.29 is 9.90 Å². The highest BCUT2D eigenvalue weighted by Gasteiger charge is 2.42. The first-order chi connectivity index (χ1) is 13.4. The zero-order valence-corrected chi connectivity index (χ0v) is 15.6. The van der Waals surface area contributed by atoms with E-state index in [4.69, 9.17) is 5.73 Å². The molecular weight excluding hydrogens is 353 g/mol. The van der Waals surface area contributed by atoms with Crippen LogP contribution in [0.1, 0.15) is 12.0 Å². The lowest BCUT2D eigenvalue weighted by molar-refractivity contribution is -0.137. The lowest BCUT2D eigenvalue weighted by Gasteiger charge is -2.13. The Kier molecular flexibility index (Phi) is 4.25. The second-order valence-electron chi connectivity index (χ2n) is 6.89. The molecule has 0 radical (unpaired) electrons. The third-order valence-corrected chi connectivity index (χ3v) is 4.76. The molecule has 138 valence electrons. The van der Waals surface area contributed by atoms with Crippen LogP contribution in [0.3, 0.4) is 0 Å². The molecule has 28 heavy (non-hydrogen) atoms. The largest absolute Gasteiger partial charge is 0.382 e. The van der Waals surface area contributed by atoms with Gasteiger partial charge in [0.15, 0.2) is 13.7 Å². The van der Waals surface area contributed by atoms with Crippen LogP contribution in [-0.2, 0) is 4.79 Å². The lowest BCUT2D eigenvalue weighted by atomic mass is 10.0. The van der Waals surface area contributed by atoms with Gasteiger partial charge in [-0.05, 0) is 24.3 Å². The molecule has 4 rings (SSSR count). The second kappa shape index (κ2) is 6.62. The lowest BCUT2D eigenvalue weighted by Crippen LogP contribution is -2.37. The van der Waals surface area contributed by atoms with Crippen molar-refractivity contribution in [2.45, 2.75) is 12.0 Å². The fourth-order valence-corrected chi connectivity index (χ4v) is 3.22. The Bertz CT molecular complexity index is 1170. The topological polar surface area (TPSA) is 105 Å². The molecule has 0 bridgehead atoms. The number of likely N-dealkylation sites (N-methyl/N-ethyl adjacent to an activating group) is 1. The number of hydrogen-bond donors (Lipinski definition) is 2. The predicted octanol–water partition coefficient (Wildman–Crippen LogP) is -0.523. The summed E-state index contributed by atoms with van der Waals surface area (Å²) in [5.74, 6) is 5.63. The molecule has 0 spiro atoms. The molecule has 7 nitrogen and oxygen atoms in total. The first-order valence-corrected chi connectivity index (χ1v) is 8.88.